The van der Waals surface area contributed by atoms with E-state index in [1.165, 1.54) is 0 Å². The van der Waals surface area contributed by atoms with Gasteiger partial charge in [-0.2, -0.15) is 0 Å². The quantitative estimate of drug-likeness (QED) is 0.536. The molecule has 0 aliphatic carbocycles. The second-order valence-corrected chi connectivity index (χ2v) is 1.03. The molecule has 0 aliphatic rings. The van der Waals surface area contributed by atoms with Crippen molar-refractivity contribution in [3.05, 3.63) is 0 Å². The van der Waals surface area contributed by atoms with Gasteiger partial charge in [0, 0.05) is 6.61 Å². The van der Waals surface area contributed by atoms with Gasteiger partial charge in [-0.25, -0.2) is 4.79 Å². The Morgan fingerprint density at radius 1 is 1.75 bits per heavy atom. The van der Waals surface area contributed by atoms with Crippen LogP contribution in [0.3, 0.4) is 0 Å². The topological polar surface area (TPSA) is 78.0 Å². The van der Waals surface area contributed by atoms with E-state index < -0.39 is 5.97 Å². The first-order valence-corrected chi connectivity index (χ1v) is 2.07. The number of hydrogen-bond acceptors (Lipinski definition) is 2. The third-order valence-electron chi connectivity index (χ3n) is 0.430. The van der Waals surface area contributed by atoms with E-state index in [0.717, 1.165) is 0 Å². The van der Waals surface area contributed by atoms with Crippen molar-refractivity contribution in [3.63, 3.8) is 0 Å². The van der Waals surface area contributed by atoms with Gasteiger partial charge in [0.1, 0.15) is 6.61 Å². The lowest BCUT2D eigenvalue weighted by Gasteiger charge is -1.90. The molecule has 0 amide bonds. The summed E-state index contributed by atoms with van der Waals surface area (Å²) in [6.07, 6.45) is 0. The third kappa shape index (κ3) is 9.04. The average molecular weight is 122 g/mol. The summed E-state index contributed by atoms with van der Waals surface area (Å²) in [5, 5.41) is 7.92. The van der Waals surface area contributed by atoms with Gasteiger partial charge in [-0.15, -0.1) is 0 Å². The molecule has 0 spiro atoms. The van der Waals surface area contributed by atoms with E-state index in [-0.39, 0.29) is 12.1 Å². The SMILES string of the molecule is CCOCC(=O)O.O. The van der Waals surface area contributed by atoms with Gasteiger partial charge in [-0.1, -0.05) is 0 Å². The molecular weight excluding hydrogens is 112 g/mol. The van der Waals surface area contributed by atoms with E-state index in [1.807, 2.05) is 0 Å². The predicted molar refractivity (Wildman–Crippen MR) is 27.7 cm³/mol. The van der Waals surface area contributed by atoms with Crippen LogP contribution in [0.4, 0.5) is 0 Å². The largest absolute Gasteiger partial charge is 0.480 e. The zero-order valence-corrected chi connectivity index (χ0v) is 4.68. The minimum absolute atomic E-state index is 0. The number of carboxylic acid groups (broad SMARTS) is 1. The van der Waals surface area contributed by atoms with Crippen LogP contribution in [-0.4, -0.2) is 29.8 Å². The van der Waals surface area contributed by atoms with Crippen LogP contribution >= 0.6 is 0 Å². The van der Waals surface area contributed by atoms with Crippen molar-refractivity contribution >= 4 is 5.97 Å². The minimum Gasteiger partial charge on any atom is -0.480 e. The van der Waals surface area contributed by atoms with Crippen LogP contribution in [0.5, 0.6) is 0 Å². The molecule has 4 nitrogen and oxygen atoms in total. The molecule has 0 saturated heterocycles. The molecule has 0 heterocycles. The first kappa shape index (κ1) is 10.4. The monoisotopic (exact) mass is 122 g/mol. The van der Waals surface area contributed by atoms with Gasteiger partial charge in [0.2, 0.25) is 0 Å². The molecule has 0 saturated carbocycles. The minimum atomic E-state index is -0.915. The van der Waals surface area contributed by atoms with Crippen LogP contribution in [0.25, 0.3) is 0 Å². The van der Waals surface area contributed by atoms with Crippen LogP contribution in [-0.2, 0) is 9.53 Å². The fraction of sp³-hybridized carbons (Fsp3) is 0.750. The third-order valence-corrected chi connectivity index (χ3v) is 0.430. The van der Waals surface area contributed by atoms with Crippen LogP contribution < -0.4 is 0 Å². The molecule has 0 aliphatic heterocycles. The first-order chi connectivity index (χ1) is 3.27. The lowest BCUT2D eigenvalue weighted by atomic mass is 10.7. The van der Waals surface area contributed by atoms with Crippen molar-refractivity contribution in [1.82, 2.24) is 0 Å². The van der Waals surface area contributed by atoms with E-state index in [1.54, 1.807) is 6.92 Å². The lowest BCUT2D eigenvalue weighted by molar-refractivity contribution is -0.142. The van der Waals surface area contributed by atoms with Gasteiger partial charge < -0.3 is 15.3 Å². The Kier molecular flexibility index (Phi) is 8.30. The molecule has 0 rings (SSSR count). The maximum absolute atomic E-state index is 9.63. The summed E-state index contributed by atoms with van der Waals surface area (Å²) in [5.74, 6) is -0.915. The smallest absolute Gasteiger partial charge is 0.329 e. The molecule has 0 aromatic carbocycles. The highest BCUT2D eigenvalue weighted by Gasteiger charge is 1.90. The zero-order valence-electron chi connectivity index (χ0n) is 4.68. The van der Waals surface area contributed by atoms with Crippen LogP contribution in [0.1, 0.15) is 6.92 Å². The van der Waals surface area contributed by atoms with E-state index in [9.17, 15) is 4.79 Å². The number of ether oxygens (including phenoxy) is 1. The molecule has 8 heavy (non-hydrogen) atoms. The van der Waals surface area contributed by atoms with Crippen molar-refractivity contribution in [1.29, 1.82) is 0 Å². The van der Waals surface area contributed by atoms with Gasteiger partial charge in [0.15, 0.2) is 0 Å². The lowest BCUT2D eigenvalue weighted by Crippen LogP contribution is -2.05. The van der Waals surface area contributed by atoms with E-state index in [2.05, 4.69) is 4.74 Å². The fourth-order valence-corrected chi connectivity index (χ4v) is 0.189. The van der Waals surface area contributed by atoms with E-state index >= 15 is 0 Å². The summed E-state index contributed by atoms with van der Waals surface area (Å²) >= 11 is 0. The zero-order chi connectivity index (χ0) is 5.70. The van der Waals surface area contributed by atoms with E-state index in [0.29, 0.717) is 6.61 Å². The molecule has 0 radical (unpaired) electrons. The molecular formula is C4H10O4. The van der Waals surface area contributed by atoms with Gasteiger partial charge in [0.05, 0.1) is 0 Å². The second-order valence-electron chi connectivity index (χ2n) is 1.03. The standard InChI is InChI=1S/C4H8O3.H2O/c1-2-7-3-4(5)6;/h2-3H2,1H3,(H,5,6);1H2. The summed E-state index contributed by atoms with van der Waals surface area (Å²) in [5.41, 5.74) is 0. The Balaban J connectivity index is 0. The Labute approximate surface area is 47.4 Å². The highest BCUT2D eigenvalue weighted by Crippen LogP contribution is 1.69. The molecule has 50 valence electrons. The van der Waals surface area contributed by atoms with Gasteiger partial charge in [-0.05, 0) is 6.92 Å². The predicted octanol–water partition coefficient (Wildman–Crippen LogP) is -0.717. The Morgan fingerprint density at radius 3 is 2.38 bits per heavy atom. The fourth-order valence-electron chi connectivity index (χ4n) is 0.189. The Bertz CT molecular complexity index is 61.1. The summed E-state index contributed by atoms with van der Waals surface area (Å²) in [6.45, 7) is 2.03. The summed E-state index contributed by atoms with van der Waals surface area (Å²) < 4.78 is 4.50. The number of carbonyl (C=O) groups is 1. The Hall–Kier alpha value is -0.610. The van der Waals surface area contributed by atoms with Gasteiger partial charge >= 0.3 is 5.97 Å². The van der Waals surface area contributed by atoms with Crippen LogP contribution in [0, 0.1) is 0 Å². The molecule has 0 atom stereocenters. The van der Waals surface area contributed by atoms with Crippen molar-refractivity contribution in [2.75, 3.05) is 13.2 Å². The molecule has 0 aromatic heterocycles. The van der Waals surface area contributed by atoms with Crippen molar-refractivity contribution in [2.24, 2.45) is 0 Å². The highest BCUT2D eigenvalue weighted by atomic mass is 16.5. The number of aliphatic carboxylic acids is 1. The van der Waals surface area contributed by atoms with Gasteiger partial charge in [0.25, 0.3) is 0 Å². The Morgan fingerprint density at radius 2 is 2.25 bits per heavy atom. The molecule has 0 unspecified atom stereocenters. The first-order valence-electron chi connectivity index (χ1n) is 2.07. The number of rotatable bonds is 3. The van der Waals surface area contributed by atoms with Crippen molar-refractivity contribution in [2.45, 2.75) is 6.92 Å². The van der Waals surface area contributed by atoms with Crippen LogP contribution in [0.15, 0.2) is 0 Å². The highest BCUT2D eigenvalue weighted by molar-refractivity contribution is 5.67. The molecule has 0 bridgehead atoms. The average Bonchev–Trinajstić information content (AvgIpc) is 1.61. The summed E-state index contributed by atoms with van der Waals surface area (Å²) in [6, 6.07) is 0. The van der Waals surface area contributed by atoms with Crippen LogP contribution in [0.2, 0.25) is 0 Å². The molecule has 0 fully saturated rings. The maximum Gasteiger partial charge on any atom is 0.329 e. The van der Waals surface area contributed by atoms with Crippen molar-refractivity contribution < 1.29 is 20.1 Å². The van der Waals surface area contributed by atoms with Gasteiger partial charge in [-0.3, -0.25) is 0 Å². The molecule has 0 aromatic rings. The summed E-state index contributed by atoms with van der Waals surface area (Å²) in [4.78, 5) is 9.63. The molecule has 4 heteroatoms. The summed E-state index contributed by atoms with van der Waals surface area (Å²) in [7, 11) is 0. The second kappa shape index (κ2) is 6.39. The molecule has 3 N–H and O–H groups in total. The number of carboxylic acids is 1. The normalized spacial score (nSPS) is 7.62. The van der Waals surface area contributed by atoms with Crippen molar-refractivity contribution in [3.8, 4) is 0 Å². The number of hydrogen-bond donors (Lipinski definition) is 1. The van der Waals surface area contributed by atoms with E-state index in [4.69, 9.17) is 5.11 Å². The maximum atomic E-state index is 9.63.